The number of alkyl halides is 3. The molecule has 0 aromatic carbocycles. The Morgan fingerprint density at radius 3 is 2.22 bits per heavy atom. The van der Waals surface area contributed by atoms with E-state index in [0.717, 1.165) is 19.4 Å². The molecule has 5 heteroatoms. The summed E-state index contributed by atoms with van der Waals surface area (Å²) in [5.74, 6) is 0.398. The lowest BCUT2D eigenvalue weighted by atomic mass is 9.77. The summed E-state index contributed by atoms with van der Waals surface area (Å²) in [6.07, 6.45) is 0.340. The summed E-state index contributed by atoms with van der Waals surface area (Å²) in [6.45, 7) is 3.83. The largest absolute Gasteiger partial charge is 0.401 e. The SMILES string of the molecule is CC(C)N(CC(F)(F)F)C1CCC1CNC1CC1. The number of hydrogen-bond acceptors (Lipinski definition) is 2. The van der Waals surface area contributed by atoms with Gasteiger partial charge < -0.3 is 5.32 Å². The maximum Gasteiger partial charge on any atom is 0.401 e. The average molecular weight is 264 g/mol. The lowest BCUT2D eigenvalue weighted by Crippen LogP contribution is -2.55. The summed E-state index contributed by atoms with van der Waals surface area (Å²) >= 11 is 0. The second-order valence-electron chi connectivity index (χ2n) is 5.97. The molecule has 0 aromatic rings. The number of nitrogens with zero attached hydrogens (tertiary/aromatic N) is 1. The van der Waals surface area contributed by atoms with Gasteiger partial charge in [0.1, 0.15) is 0 Å². The van der Waals surface area contributed by atoms with E-state index in [9.17, 15) is 13.2 Å². The Balaban J connectivity index is 1.84. The average Bonchev–Trinajstić information content (AvgIpc) is 2.96. The van der Waals surface area contributed by atoms with Crippen LogP contribution >= 0.6 is 0 Å². The van der Waals surface area contributed by atoms with E-state index in [1.807, 2.05) is 13.8 Å². The first-order valence-electron chi connectivity index (χ1n) is 6.92. The van der Waals surface area contributed by atoms with Crippen LogP contribution in [0.15, 0.2) is 0 Å². The van der Waals surface area contributed by atoms with Gasteiger partial charge >= 0.3 is 6.18 Å². The molecule has 2 fully saturated rings. The molecule has 2 saturated carbocycles. The number of hydrogen-bond donors (Lipinski definition) is 1. The first kappa shape index (κ1) is 14.1. The van der Waals surface area contributed by atoms with E-state index >= 15 is 0 Å². The van der Waals surface area contributed by atoms with E-state index in [4.69, 9.17) is 0 Å². The Labute approximate surface area is 107 Å². The van der Waals surface area contributed by atoms with E-state index in [1.165, 1.54) is 12.8 Å². The predicted octanol–water partition coefficient (Wildman–Crippen LogP) is 2.79. The summed E-state index contributed by atoms with van der Waals surface area (Å²) in [5.41, 5.74) is 0. The normalized spacial score (nSPS) is 28.8. The molecule has 0 heterocycles. The van der Waals surface area contributed by atoms with Gasteiger partial charge in [-0.05, 0) is 52.0 Å². The van der Waals surface area contributed by atoms with E-state index in [0.29, 0.717) is 12.0 Å². The van der Waals surface area contributed by atoms with Gasteiger partial charge in [0, 0.05) is 18.1 Å². The van der Waals surface area contributed by atoms with Gasteiger partial charge in [0.15, 0.2) is 0 Å². The first-order chi connectivity index (χ1) is 8.37. The summed E-state index contributed by atoms with van der Waals surface area (Å²) < 4.78 is 37.7. The molecule has 0 spiro atoms. The highest BCUT2D eigenvalue weighted by atomic mass is 19.4. The Bertz CT molecular complexity index is 274. The fraction of sp³-hybridized carbons (Fsp3) is 1.00. The molecule has 0 aliphatic heterocycles. The van der Waals surface area contributed by atoms with Crippen LogP contribution in [0.4, 0.5) is 13.2 Å². The molecule has 0 aromatic heterocycles. The highest BCUT2D eigenvalue weighted by molar-refractivity contribution is 4.93. The van der Waals surface area contributed by atoms with Crippen molar-refractivity contribution >= 4 is 0 Å². The van der Waals surface area contributed by atoms with Crippen molar-refractivity contribution in [1.29, 1.82) is 0 Å². The van der Waals surface area contributed by atoms with Crippen molar-refractivity contribution in [2.75, 3.05) is 13.1 Å². The third kappa shape index (κ3) is 3.85. The van der Waals surface area contributed by atoms with Crippen LogP contribution in [0.5, 0.6) is 0 Å². The minimum atomic E-state index is -4.09. The van der Waals surface area contributed by atoms with Crippen molar-refractivity contribution in [3.63, 3.8) is 0 Å². The Morgan fingerprint density at radius 2 is 1.83 bits per heavy atom. The van der Waals surface area contributed by atoms with Crippen LogP contribution in [0.25, 0.3) is 0 Å². The van der Waals surface area contributed by atoms with E-state index in [2.05, 4.69) is 5.32 Å². The van der Waals surface area contributed by atoms with Crippen LogP contribution in [-0.4, -0.2) is 42.3 Å². The summed E-state index contributed by atoms with van der Waals surface area (Å²) in [5, 5.41) is 3.44. The smallest absolute Gasteiger partial charge is 0.314 e. The molecule has 2 aliphatic rings. The molecular weight excluding hydrogens is 241 g/mol. The molecule has 1 N–H and O–H groups in total. The van der Waals surface area contributed by atoms with Crippen molar-refractivity contribution < 1.29 is 13.2 Å². The molecule has 0 amide bonds. The van der Waals surface area contributed by atoms with Crippen molar-refractivity contribution in [2.24, 2.45) is 5.92 Å². The fourth-order valence-corrected chi connectivity index (χ4v) is 2.72. The van der Waals surface area contributed by atoms with Gasteiger partial charge in [0.2, 0.25) is 0 Å². The molecule has 2 atom stereocenters. The topological polar surface area (TPSA) is 15.3 Å². The predicted molar refractivity (Wildman–Crippen MR) is 65.4 cm³/mol. The van der Waals surface area contributed by atoms with E-state index in [-0.39, 0.29) is 12.1 Å². The van der Waals surface area contributed by atoms with Crippen LogP contribution in [0.1, 0.15) is 39.5 Å². The van der Waals surface area contributed by atoms with Gasteiger partial charge in [0.05, 0.1) is 6.54 Å². The molecule has 2 nitrogen and oxygen atoms in total. The van der Waals surface area contributed by atoms with Crippen LogP contribution in [0.3, 0.4) is 0 Å². The Hall–Kier alpha value is -0.290. The lowest BCUT2D eigenvalue weighted by molar-refractivity contribution is -0.163. The van der Waals surface area contributed by atoms with Crippen LogP contribution in [-0.2, 0) is 0 Å². The number of rotatable bonds is 6. The van der Waals surface area contributed by atoms with Gasteiger partial charge in [-0.1, -0.05) is 0 Å². The highest BCUT2D eigenvalue weighted by Gasteiger charge is 2.42. The van der Waals surface area contributed by atoms with Gasteiger partial charge in [0.25, 0.3) is 0 Å². The van der Waals surface area contributed by atoms with Gasteiger partial charge in [-0.2, -0.15) is 13.2 Å². The standard InChI is InChI=1S/C13H23F3N2/c1-9(2)18(8-13(14,15)16)12-6-3-10(12)7-17-11-4-5-11/h9-12,17H,3-8H2,1-2H3. The second-order valence-corrected chi connectivity index (χ2v) is 5.97. The van der Waals surface area contributed by atoms with Crippen molar-refractivity contribution in [3.8, 4) is 0 Å². The summed E-state index contributed by atoms with van der Waals surface area (Å²) in [6, 6.07) is 0.708. The zero-order valence-corrected chi connectivity index (χ0v) is 11.1. The second kappa shape index (κ2) is 5.37. The van der Waals surface area contributed by atoms with E-state index in [1.54, 1.807) is 4.90 Å². The third-order valence-electron chi connectivity index (χ3n) is 4.07. The molecule has 0 bridgehead atoms. The molecule has 2 rings (SSSR count). The fourth-order valence-electron chi connectivity index (χ4n) is 2.72. The summed E-state index contributed by atoms with van der Waals surface area (Å²) in [7, 11) is 0. The number of nitrogens with one attached hydrogen (secondary N) is 1. The summed E-state index contributed by atoms with van der Waals surface area (Å²) in [4.78, 5) is 1.63. The zero-order chi connectivity index (χ0) is 13.3. The quantitative estimate of drug-likeness (QED) is 0.793. The van der Waals surface area contributed by atoms with E-state index < -0.39 is 12.7 Å². The van der Waals surface area contributed by atoms with Crippen molar-refractivity contribution in [3.05, 3.63) is 0 Å². The number of halogens is 3. The minimum absolute atomic E-state index is 0.0413. The molecule has 2 aliphatic carbocycles. The molecule has 18 heavy (non-hydrogen) atoms. The van der Waals surface area contributed by atoms with Crippen molar-refractivity contribution in [2.45, 2.75) is 63.8 Å². The van der Waals surface area contributed by atoms with Gasteiger partial charge in [-0.3, -0.25) is 4.90 Å². The maximum atomic E-state index is 12.6. The molecule has 2 unspecified atom stereocenters. The molecule has 0 saturated heterocycles. The molecule has 106 valence electrons. The zero-order valence-electron chi connectivity index (χ0n) is 11.1. The third-order valence-corrected chi connectivity index (χ3v) is 4.07. The Kier molecular flexibility index (Phi) is 4.22. The van der Waals surface area contributed by atoms with Gasteiger partial charge in [-0.15, -0.1) is 0 Å². The highest BCUT2D eigenvalue weighted by Crippen LogP contribution is 2.35. The van der Waals surface area contributed by atoms with Gasteiger partial charge in [-0.25, -0.2) is 0 Å². The van der Waals surface area contributed by atoms with Crippen LogP contribution in [0.2, 0.25) is 0 Å². The molecule has 0 radical (unpaired) electrons. The van der Waals surface area contributed by atoms with Crippen LogP contribution in [0, 0.1) is 5.92 Å². The lowest BCUT2D eigenvalue weighted by Gasteiger charge is -2.46. The minimum Gasteiger partial charge on any atom is -0.314 e. The molecular formula is C13H23F3N2. The Morgan fingerprint density at radius 1 is 1.17 bits per heavy atom. The monoisotopic (exact) mass is 264 g/mol. The first-order valence-corrected chi connectivity index (χ1v) is 6.92. The maximum absolute atomic E-state index is 12.6. The van der Waals surface area contributed by atoms with Crippen molar-refractivity contribution in [1.82, 2.24) is 10.2 Å². The van der Waals surface area contributed by atoms with Crippen LogP contribution < -0.4 is 5.32 Å².